The Balaban J connectivity index is 1.45. The van der Waals surface area contributed by atoms with Crippen molar-refractivity contribution in [2.75, 3.05) is 58.0 Å². The fourth-order valence-electron chi connectivity index (χ4n) is 3.18. The van der Waals surface area contributed by atoms with Gasteiger partial charge < -0.3 is 29.0 Å². The Bertz CT molecular complexity index is 850. The lowest BCUT2D eigenvalue weighted by molar-refractivity contribution is -0.117. The molecule has 1 saturated heterocycles. The molecule has 0 spiro atoms. The highest BCUT2D eigenvalue weighted by Crippen LogP contribution is 2.32. The normalized spacial score (nSPS) is 15.9. The molecule has 29 heavy (non-hydrogen) atoms. The van der Waals surface area contributed by atoms with E-state index in [-0.39, 0.29) is 25.2 Å². The third-order valence-corrected chi connectivity index (χ3v) is 4.74. The number of aromatic nitrogens is 1. The fourth-order valence-corrected chi connectivity index (χ4v) is 3.18. The molecule has 0 saturated carbocycles. The van der Waals surface area contributed by atoms with Crippen LogP contribution in [0.3, 0.4) is 0 Å². The summed E-state index contributed by atoms with van der Waals surface area (Å²) >= 11 is 0. The van der Waals surface area contributed by atoms with Gasteiger partial charge >= 0.3 is 0 Å². The van der Waals surface area contributed by atoms with Crippen LogP contribution in [0.2, 0.25) is 0 Å². The number of carbonyl (C=O) groups excluding carboxylic acids is 2. The molecule has 0 aliphatic carbocycles. The lowest BCUT2D eigenvalue weighted by Crippen LogP contribution is -2.45. The van der Waals surface area contributed by atoms with E-state index in [4.69, 9.17) is 18.7 Å². The Morgan fingerprint density at radius 1 is 1.14 bits per heavy atom. The molecule has 2 aliphatic heterocycles. The topological polar surface area (TPSA) is 106 Å². The molecule has 1 aromatic carbocycles. The van der Waals surface area contributed by atoms with Crippen molar-refractivity contribution in [1.82, 2.24) is 15.0 Å². The summed E-state index contributed by atoms with van der Waals surface area (Å²) < 4.78 is 20.7. The number of fused-ring (bicyclic) bond motifs is 1. The summed E-state index contributed by atoms with van der Waals surface area (Å²) in [5, 5.41) is 6.28. The lowest BCUT2D eigenvalue weighted by Gasteiger charge is -2.30. The monoisotopic (exact) mass is 402 g/mol. The van der Waals surface area contributed by atoms with Gasteiger partial charge in [-0.3, -0.25) is 14.5 Å². The minimum absolute atomic E-state index is 0.107. The number of ether oxygens (including phenoxy) is 3. The SMILES string of the molecule is O=C(CN(CCN1CCOCC1)C(=O)c1ccc2c(c1)OCO2)Nc1ccon1. The van der Waals surface area contributed by atoms with Gasteiger partial charge in [-0.05, 0) is 18.2 Å². The average molecular weight is 402 g/mol. The van der Waals surface area contributed by atoms with Crippen LogP contribution in [0.5, 0.6) is 11.5 Å². The molecule has 10 heteroatoms. The van der Waals surface area contributed by atoms with Crippen molar-refractivity contribution in [3.05, 3.63) is 36.1 Å². The summed E-state index contributed by atoms with van der Waals surface area (Å²) in [6.45, 7) is 4.02. The Kier molecular flexibility index (Phi) is 5.92. The number of morpholine rings is 1. The maximum absolute atomic E-state index is 13.1. The molecular formula is C19H22N4O6. The van der Waals surface area contributed by atoms with E-state index in [0.29, 0.717) is 49.2 Å². The maximum Gasteiger partial charge on any atom is 0.254 e. The Morgan fingerprint density at radius 3 is 2.76 bits per heavy atom. The highest BCUT2D eigenvalue weighted by atomic mass is 16.7. The van der Waals surface area contributed by atoms with Crippen LogP contribution in [0.15, 0.2) is 35.1 Å². The van der Waals surface area contributed by atoms with E-state index in [0.717, 1.165) is 13.1 Å². The van der Waals surface area contributed by atoms with Gasteiger partial charge in [-0.25, -0.2) is 0 Å². The van der Waals surface area contributed by atoms with Crippen molar-refractivity contribution in [3.63, 3.8) is 0 Å². The van der Waals surface area contributed by atoms with E-state index in [2.05, 4.69) is 15.4 Å². The first-order valence-electron chi connectivity index (χ1n) is 9.38. The number of nitrogens with one attached hydrogen (secondary N) is 1. The molecule has 0 atom stereocenters. The van der Waals surface area contributed by atoms with Gasteiger partial charge in [-0.1, -0.05) is 5.16 Å². The number of benzene rings is 1. The lowest BCUT2D eigenvalue weighted by atomic mass is 10.1. The second kappa shape index (κ2) is 8.93. The quantitative estimate of drug-likeness (QED) is 0.726. The third kappa shape index (κ3) is 4.84. The zero-order valence-corrected chi connectivity index (χ0v) is 15.8. The molecule has 10 nitrogen and oxygen atoms in total. The van der Waals surface area contributed by atoms with Crippen LogP contribution in [0, 0.1) is 0 Å². The highest BCUT2D eigenvalue weighted by Gasteiger charge is 2.23. The molecule has 2 aromatic rings. The van der Waals surface area contributed by atoms with Crippen molar-refractivity contribution in [2.24, 2.45) is 0 Å². The summed E-state index contributed by atoms with van der Waals surface area (Å²) in [5.74, 6) is 0.821. The minimum atomic E-state index is -0.352. The fraction of sp³-hybridized carbons (Fsp3) is 0.421. The summed E-state index contributed by atoms with van der Waals surface area (Å²) in [4.78, 5) is 29.3. The van der Waals surface area contributed by atoms with Gasteiger partial charge in [0.2, 0.25) is 12.7 Å². The Labute approximate surface area is 167 Å². The molecule has 3 heterocycles. The van der Waals surface area contributed by atoms with Crippen LogP contribution in [0.25, 0.3) is 0 Å². The van der Waals surface area contributed by atoms with E-state index in [1.54, 1.807) is 18.2 Å². The van der Waals surface area contributed by atoms with Crippen molar-refractivity contribution in [1.29, 1.82) is 0 Å². The van der Waals surface area contributed by atoms with E-state index in [1.165, 1.54) is 17.2 Å². The summed E-state index contributed by atoms with van der Waals surface area (Å²) in [5.41, 5.74) is 0.436. The van der Waals surface area contributed by atoms with Gasteiger partial charge in [-0.2, -0.15) is 0 Å². The smallest absolute Gasteiger partial charge is 0.254 e. The largest absolute Gasteiger partial charge is 0.454 e. The molecule has 0 radical (unpaired) electrons. The molecule has 4 rings (SSSR count). The van der Waals surface area contributed by atoms with E-state index >= 15 is 0 Å². The average Bonchev–Trinajstić information content (AvgIpc) is 3.42. The van der Waals surface area contributed by atoms with Crippen LogP contribution in [0.1, 0.15) is 10.4 Å². The predicted molar refractivity (Wildman–Crippen MR) is 101 cm³/mol. The van der Waals surface area contributed by atoms with Crippen LogP contribution < -0.4 is 14.8 Å². The Morgan fingerprint density at radius 2 is 1.97 bits per heavy atom. The Hall–Kier alpha value is -3.11. The number of rotatable bonds is 7. The third-order valence-electron chi connectivity index (χ3n) is 4.74. The maximum atomic E-state index is 13.1. The molecule has 2 amide bonds. The van der Waals surface area contributed by atoms with Gasteiger partial charge in [0.1, 0.15) is 12.8 Å². The van der Waals surface area contributed by atoms with E-state index in [1.807, 2.05) is 0 Å². The summed E-state index contributed by atoms with van der Waals surface area (Å²) in [6.07, 6.45) is 1.36. The van der Waals surface area contributed by atoms with Gasteiger partial charge in [0.25, 0.3) is 5.91 Å². The molecular weight excluding hydrogens is 380 g/mol. The second-order valence-corrected chi connectivity index (χ2v) is 6.68. The number of hydrogen-bond acceptors (Lipinski definition) is 8. The van der Waals surface area contributed by atoms with E-state index < -0.39 is 0 Å². The van der Waals surface area contributed by atoms with Crippen molar-refractivity contribution >= 4 is 17.6 Å². The van der Waals surface area contributed by atoms with Crippen LogP contribution >= 0.6 is 0 Å². The van der Waals surface area contributed by atoms with Crippen molar-refractivity contribution < 1.29 is 28.3 Å². The molecule has 0 bridgehead atoms. The number of carbonyl (C=O) groups is 2. The van der Waals surface area contributed by atoms with Gasteiger partial charge in [0.05, 0.1) is 13.2 Å². The zero-order chi connectivity index (χ0) is 20.1. The summed E-state index contributed by atoms with van der Waals surface area (Å²) in [7, 11) is 0. The second-order valence-electron chi connectivity index (χ2n) is 6.68. The first-order valence-corrected chi connectivity index (χ1v) is 9.38. The van der Waals surface area contributed by atoms with Crippen LogP contribution in [0.4, 0.5) is 5.82 Å². The van der Waals surface area contributed by atoms with E-state index in [9.17, 15) is 9.59 Å². The van der Waals surface area contributed by atoms with Gasteiger partial charge in [0, 0.05) is 37.8 Å². The molecule has 1 aromatic heterocycles. The molecule has 1 N–H and O–H groups in total. The number of hydrogen-bond donors (Lipinski definition) is 1. The van der Waals surface area contributed by atoms with Crippen LogP contribution in [-0.4, -0.2) is 79.5 Å². The molecule has 2 aliphatic rings. The standard InChI is InChI=1S/C19H22N4O6/c24-18(20-17-3-8-29-21-17)12-23(5-4-22-6-9-26-10-7-22)19(25)14-1-2-15-16(11-14)28-13-27-15/h1-3,8,11H,4-7,9-10,12-13H2,(H,20,21,24). The molecule has 1 fully saturated rings. The predicted octanol–water partition coefficient (Wildman–Crippen LogP) is 0.816. The number of anilines is 1. The van der Waals surface area contributed by atoms with Crippen molar-refractivity contribution in [2.45, 2.75) is 0 Å². The minimum Gasteiger partial charge on any atom is -0.454 e. The first-order chi connectivity index (χ1) is 14.2. The highest BCUT2D eigenvalue weighted by molar-refractivity contribution is 5.99. The van der Waals surface area contributed by atoms with Gasteiger partial charge in [0.15, 0.2) is 17.3 Å². The van der Waals surface area contributed by atoms with Gasteiger partial charge in [-0.15, -0.1) is 0 Å². The zero-order valence-electron chi connectivity index (χ0n) is 15.8. The van der Waals surface area contributed by atoms with Crippen LogP contribution in [-0.2, 0) is 9.53 Å². The first kappa shape index (κ1) is 19.2. The molecule has 154 valence electrons. The number of nitrogens with zero attached hydrogens (tertiary/aromatic N) is 3. The van der Waals surface area contributed by atoms with Crippen molar-refractivity contribution in [3.8, 4) is 11.5 Å². The number of amides is 2. The molecule has 0 unspecified atom stereocenters. The summed E-state index contributed by atoms with van der Waals surface area (Å²) in [6, 6.07) is 6.55.